The lowest BCUT2D eigenvalue weighted by molar-refractivity contribution is 0.0955. The predicted molar refractivity (Wildman–Crippen MR) is 61.4 cm³/mol. The van der Waals surface area contributed by atoms with Gasteiger partial charge in [0.2, 0.25) is 10.0 Å². The first-order valence-corrected chi connectivity index (χ1v) is 6.56. The third-order valence-corrected chi connectivity index (χ3v) is 2.89. The number of halogens is 1. The van der Waals surface area contributed by atoms with Gasteiger partial charge >= 0.3 is 0 Å². The minimum Gasteiger partial charge on any atom is -0.351 e. The van der Waals surface area contributed by atoms with E-state index < -0.39 is 21.7 Å². The van der Waals surface area contributed by atoms with Crippen LogP contribution in [-0.4, -0.2) is 26.6 Å². The van der Waals surface area contributed by atoms with Crippen molar-refractivity contribution in [3.63, 3.8) is 0 Å². The maximum atomic E-state index is 12.9. The van der Waals surface area contributed by atoms with Crippen molar-refractivity contribution in [2.24, 2.45) is 5.14 Å². The molecule has 0 aliphatic carbocycles. The molecular formula is C10H13FN2O3S. The minimum atomic E-state index is -3.61. The smallest absolute Gasteiger partial charge is 0.251 e. The minimum absolute atomic E-state index is 0.104. The van der Waals surface area contributed by atoms with Gasteiger partial charge in [-0.15, -0.1) is 0 Å². The topological polar surface area (TPSA) is 89.3 Å². The molecule has 0 aromatic heterocycles. The van der Waals surface area contributed by atoms with Gasteiger partial charge in [-0.2, -0.15) is 0 Å². The summed E-state index contributed by atoms with van der Waals surface area (Å²) in [5.74, 6) is -1.40. The van der Waals surface area contributed by atoms with Crippen LogP contribution >= 0.6 is 0 Å². The second kappa shape index (κ2) is 5.24. The van der Waals surface area contributed by atoms with Crippen molar-refractivity contribution >= 4 is 15.9 Å². The Labute approximate surface area is 98.9 Å². The summed E-state index contributed by atoms with van der Waals surface area (Å²) < 4.78 is 34.2. The van der Waals surface area contributed by atoms with Crippen LogP contribution in [0.5, 0.6) is 0 Å². The molecule has 1 aromatic rings. The largest absolute Gasteiger partial charge is 0.351 e. The van der Waals surface area contributed by atoms with Crippen molar-refractivity contribution < 1.29 is 17.6 Å². The molecule has 0 unspecified atom stereocenters. The molecule has 0 bridgehead atoms. The molecule has 0 aliphatic rings. The number of carbonyl (C=O) groups is 1. The molecule has 0 saturated carbocycles. The zero-order valence-corrected chi connectivity index (χ0v) is 10.1. The molecule has 1 amide bonds. The van der Waals surface area contributed by atoms with Crippen LogP contribution in [0.2, 0.25) is 0 Å². The summed E-state index contributed by atoms with van der Waals surface area (Å²) in [6.45, 7) is 1.56. The molecule has 0 spiro atoms. The first kappa shape index (κ1) is 13.6. The number of hydrogen-bond acceptors (Lipinski definition) is 3. The number of sulfonamides is 1. The van der Waals surface area contributed by atoms with E-state index in [1.165, 1.54) is 12.1 Å². The van der Waals surface area contributed by atoms with E-state index in [0.717, 1.165) is 6.07 Å². The second-order valence-electron chi connectivity index (χ2n) is 3.58. The molecule has 0 heterocycles. The summed E-state index contributed by atoms with van der Waals surface area (Å²) in [4.78, 5) is 11.6. The molecular weight excluding hydrogens is 247 g/mol. The van der Waals surface area contributed by atoms with Crippen LogP contribution in [0.3, 0.4) is 0 Å². The highest BCUT2D eigenvalue weighted by Crippen LogP contribution is 2.09. The molecule has 3 N–H and O–H groups in total. The van der Waals surface area contributed by atoms with Crippen LogP contribution in [-0.2, 0) is 10.0 Å². The monoisotopic (exact) mass is 260 g/mol. The molecule has 1 rings (SSSR count). The molecule has 1 aromatic carbocycles. The van der Waals surface area contributed by atoms with Crippen molar-refractivity contribution in [1.82, 2.24) is 5.32 Å². The van der Waals surface area contributed by atoms with E-state index in [1.54, 1.807) is 6.92 Å². The van der Waals surface area contributed by atoms with Crippen LogP contribution in [0, 0.1) is 12.7 Å². The summed E-state index contributed by atoms with van der Waals surface area (Å²) >= 11 is 0. The average Bonchev–Trinajstić information content (AvgIpc) is 2.19. The van der Waals surface area contributed by atoms with Gasteiger partial charge in [-0.25, -0.2) is 17.9 Å². The number of aryl methyl sites for hydroxylation is 1. The van der Waals surface area contributed by atoms with E-state index >= 15 is 0 Å². The van der Waals surface area contributed by atoms with E-state index in [4.69, 9.17) is 5.14 Å². The summed E-state index contributed by atoms with van der Waals surface area (Å²) in [5, 5.41) is 7.13. The molecule has 0 atom stereocenters. The summed E-state index contributed by atoms with van der Waals surface area (Å²) in [6.07, 6.45) is 0. The van der Waals surface area contributed by atoms with Gasteiger partial charge in [0.05, 0.1) is 5.75 Å². The molecule has 94 valence electrons. The van der Waals surface area contributed by atoms with Gasteiger partial charge in [0, 0.05) is 12.1 Å². The normalized spacial score (nSPS) is 11.2. The van der Waals surface area contributed by atoms with Gasteiger partial charge in [-0.3, -0.25) is 4.79 Å². The van der Waals surface area contributed by atoms with E-state index in [0.29, 0.717) is 5.56 Å². The van der Waals surface area contributed by atoms with Crippen molar-refractivity contribution in [3.8, 4) is 0 Å². The van der Waals surface area contributed by atoms with E-state index in [1.807, 2.05) is 0 Å². The summed E-state index contributed by atoms with van der Waals surface area (Å²) in [5.41, 5.74) is 0.791. The average molecular weight is 260 g/mol. The quantitative estimate of drug-likeness (QED) is 0.807. The van der Waals surface area contributed by atoms with Gasteiger partial charge in [0.1, 0.15) is 5.82 Å². The summed E-state index contributed by atoms with van der Waals surface area (Å²) in [6, 6.07) is 3.82. The van der Waals surface area contributed by atoms with Gasteiger partial charge in [-0.05, 0) is 24.6 Å². The fourth-order valence-electron chi connectivity index (χ4n) is 1.24. The highest BCUT2D eigenvalue weighted by molar-refractivity contribution is 7.89. The standard InChI is InChI=1S/C10H13FN2O3S/c1-7-2-3-8(11)6-9(7)10(14)13-4-5-17(12,15)16/h2-3,6H,4-5H2,1H3,(H,13,14)(H2,12,15,16). The molecule has 17 heavy (non-hydrogen) atoms. The molecule has 0 aliphatic heterocycles. The van der Waals surface area contributed by atoms with Crippen LogP contribution < -0.4 is 10.5 Å². The molecule has 0 radical (unpaired) electrons. The molecule has 5 nitrogen and oxygen atoms in total. The van der Waals surface area contributed by atoms with Crippen LogP contribution in [0.25, 0.3) is 0 Å². The zero-order valence-electron chi connectivity index (χ0n) is 9.23. The fourth-order valence-corrected chi connectivity index (χ4v) is 1.63. The number of nitrogens with two attached hydrogens (primary N) is 1. The van der Waals surface area contributed by atoms with Crippen LogP contribution in [0.15, 0.2) is 18.2 Å². The van der Waals surface area contributed by atoms with Gasteiger partial charge < -0.3 is 5.32 Å². The fraction of sp³-hybridized carbons (Fsp3) is 0.300. The zero-order chi connectivity index (χ0) is 13.1. The van der Waals surface area contributed by atoms with Crippen molar-refractivity contribution in [1.29, 1.82) is 0 Å². The SMILES string of the molecule is Cc1ccc(F)cc1C(=O)NCCS(N)(=O)=O. The highest BCUT2D eigenvalue weighted by atomic mass is 32.2. The third kappa shape index (κ3) is 4.49. The maximum Gasteiger partial charge on any atom is 0.251 e. The van der Waals surface area contributed by atoms with E-state index in [-0.39, 0.29) is 17.9 Å². The van der Waals surface area contributed by atoms with Crippen molar-refractivity contribution in [2.45, 2.75) is 6.92 Å². The van der Waals surface area contributed by atoms with Crippen molar-refractivity contribution in [2.75, 3.05) is 12.3 Å². The second-order valence-corrected chi connectivity index (χ2v) is 5.32. The Kier molecular flexibility index (Phi) is 4.19. The number of primary sulfonamides is 1. The number of carbonyl (C=O) groups excluding carboxylic acids is 1. The highest BCUT2D eigenvalue weighted by Gasteiger charge is 2.10. The lowest BCUT2D eigenvalue weighted by atomic mass is 10.1. The van der Waals surface area contributed by atoms with E-state index in [9.17, 15) is 17.6 Å². The third-order valence-electron chi connectivity index (χ3n) is 2.12. The Morgan fingerprint density at radius 1 is 1.47 bits per heavy atom. The lowest BCUT2D eigenvalue weighted by Gasteiger charge is -2.07. The Balaban J connectivity index is 2.67. The van der Waals surface area contributed by atoms with Gasteiger partial charge in [0.15, 0.2) is 0 Å². The predicted octanol–water partition coefficient (Wildman–Crippen LogP) is 0.152. The van der Waals surface area contributed by atoms with Crippen molar-refractivity contribution in [3.05, 3.63) is 35.1 Å². The Morgan fingerprint density at radius 2 is 2.12 bits per heavy atom. The van der Waals surface area contributed by atoms with Gasteiger partial charge in [0.25, 0.3) is 5.91 Å². The maximum absolute atomic E-state index is 12.9. The lowest BCUT2D eigenvalue weighted by Crippen LogP contribution is -2.31. The molecule has 7 heteroatoms. The van der Waals surface area contributed by atoms with Crippen LogP contribution in [0.4, 0.5) is 4.39 Å². The molecule has 0 fully saturated rings. The van der Waals surface area contributed by atoms with Crippen LogP contribution in [0.1, 0.15) is 15.9 Å². The number of benzene rings is 1. The number of amides is 1. The number of hydrogen-bond donors (Lipinski definition) is 2. The first-order valence-electron chi connectivity index (χ1n) is 4.84. The van der Waals surface area contributed by atoms with Gasteiger partial charge in [-0.1, -0.05) is 6.07 Å². The summed E-state index contributed by atoms with van der Waals surface area (Å²) in [7, 11) is -3.61. The number of rotatable bonds is 4. The van der Waals surface area contributed by atoms with E-state index in [2.05, 4.69) is 5.32 Å². The Hall–Kier alpha value is -1.47. The Bertz CT molecular complexity index is 528. The Morgan fingerprint density at radius 3 is 2.71 bits per heavy atom. The molecule has 0 saturated heterocycles. The number of nitrogens with one attached hydrogen (secondary N) is 1. The first-order chi connectivity index (χ1) is 7.79.